The van der Waals surface area contributed by atoms with Crippen LogP contribution in [-0.2, 0) is 27.3 Å². The van der Waals surface area contributed by atoms with Crippen LogP contribution in [0, 0.1) is 0 Å². The summed E-state index contributed by atoms with van der Waals surface area (Å²) >= 11 is 0. The van der Waals surface area contributed by atoms with Crippen molar-refractivity contribution in [3.05, 3.63) is 0 Å². The quantitative estimate of drug-likeness (QED) is 0.394. The number of carboxylic acid groups (broad SMARTS) is 1. The molecule has 1 saturated heterocycles. The molecule has 1 aliphatic heterocycles. The van der Waals surface area contributed by atoms with Crippen LogP contribution < -0.4 is 68.9 Å². The molecule has 82 valence electrons. The van der Waals surface area contributed by atoms with Crippen molar-refractivity contribution in [2.45, 2.75) is 12.7 Å². The van der Waals surface area contributed by atoms with E-state index in [9.17, 15) is 23.7 Å². The second-order valence-electron chi connectivity index (χ2n) is 2.21. The van der Waals surface area contributed by atoms with E-state index in [2.05, 4.69) is 13.4 Å². The van der Waals surface area contributed by atoms with Gasteiger partial charge in [0.05, 0.1) is 14.2 Å². The van der Waals surface area contributed by atoms with Gasteiger partial charge in [-0.15, -0.1) is 0 Å². The maximum Gasteiger partial charge on any atom is 1.00 e. The molecule has 0 spiro atoms. The topological polar surface area (TPSA) is 145 Å². The van der Waals surface area contributed by atoms with E-state index >= 15 is 0 Å². The third-order valence-electron chi connectivity index (χ3n) is 1.03. The van der Waals surface area contributed by atoms with Crippen LogP contribution in [0.2, 0.25) is 0 Å². The average molecular weight is 292 g/mol. The first-order valence-corrected chi connectivity index (χ1v) is 6.04. The van der Waals surface area contributed by atoms with Gasteiger partial charge in [0.1, 0.15) is 0 Å². The van der Waals surface area contributed by atoms with Gasteiger partial charge in [-0.2, -0.15) is 0 Å². The molecule has 0 aromatic carbocycles. The molecule has 0 bridgehead atoms. The first-order chi connectivity index (χ1) is 6.20. The summed E-state index contributed by atoms with van der Waals surface area (Å²) in [7, 11) is -9.85. The van der Waals surface area contributed by atoms with E-state index in [-0.39, 0.29) is 59.1 Å². The molecule has 1 heterocycles. The number of carboxylic acids is 1. The van der Waals surface area contributed by atoms with Crippen LogP contribution in [0.3, 0.4) is 0 Å². The molecule has 16 heavy (non-hydrogen) atoms. The summed E-state index contributed by atoms with van der Waals surface area (Å²) in [5.41, 5.74) is 0. The molecule has 0 atom stereocenters. The molecule has 1 fully saturated rings. The first kappa shape index (κ1) is 20.1. The molecular formula is C3H4Na2O9P2. The number of carbonyl (C=O) groups is 1. The van der Waals surface area contributed by atoms with Crippen LogP contribution >= 0.6 is 15.6 Å². The zero-order valence-corrected chi connectivity index (χ0v) is 14.2. The van der Waals surface area contributed by atoms with Crippen LogP contribution in [0.1, 0.15) is 6.42 Å². The SMILES string of the molecule is O=C(O)CC1OP(=O)(OP(=O)([O-])[O-])O1.[Na+].[Na+]. The molecule has 0 unspecified atom stereocenters. The third-order valence-corrected chi connectivity index (χ3v) is 3.62. The maximum atomic E-state index is 10.8. The van der Waals surface area contributed by atoms with Gasteiger partial charge in [0, 0.05) is 0 Å². The van der Waals surface area contributed by atoms with Gasteiger partial charge < -0.3 is 19.5 Å². The number of hydrogen-bond donors (Lipinski definition) is 1. The van der Waals surface area contributed by atoms with Gasteiger partial charge in [0.15, 0.2) is 6.29 Å². The molecule has 1 N–H and O–H groups in total. The van der Waals surface area contributed by atoms with Crippen molar-refractivity contribution in [2.75, 3.05) is 0 Å². The van der Waals surface area contributed by atoms with E-state index in [0.29, 0.717) is 0 Å². The van der Waals surface area contributed by atoms with Crippen molar-refractivity contribution < 1.29 is 101 Å². The second-order valence-corrected chi connectivity index (χ2v) is 5.08. The van der Waals surface area contributed by atoms with Crippen molar-refractivity contribution >= 4 is 21.6 Å². The summed E-state index contributed by atoms with van der Waals surface area (Å²) in [5.74, 6) is -1.30. The predicted molar refractivity (Wildman–Crippen MR) is 34.5 cm³/mol. The minimum absolute atomic E-state index is 0. The molecular weight excluding hydrogens is 288 g/mol. The Morgan fingerprint density at radius 3 is 2.19 bits per heavy atom. The fraction of sp³-hybridized carbons (Fsp3) is 0.667. The van der Waals surface area contributed by atoms with Gasteiger partial charge >= 0.3 is 72.9 Å². The Hall–Kier alpha value is 1.73. The Morgan fingerprint density at radius 2 is 1.88 bits per heavy atom. The molecule has 9 nitrogen and oxygen atoms in total. The Bertz CT molecular complexity index is 328. The molecule has 0 aromatic heterocycles. The maximum absolute atomic E-state index is 10.8. The summed E-state index contributed by atoms with van der Waals surface area (Å²) in [6.07, 6.45) is -1.99. The fourth-order valence-electron chi connectivity index (χ4n) is 0.674. The zero-order valence-electron chi connectivity index (χ0n) is 8.39. The van der Waals surface area contributed by atoms with Gasteiger partial charge in [-0.1, -0.05) is 0 Å². The minimum atomic E-state index is -5.47. The summed E-state index contributed by atoms with van der Waals surface area (Å²) in [6, 6.07) is 0. The van der Waals surface area contributed by atoms with Crippen molar-refractivity contribution in [1.82, 2.24) is 0 Å². The van der Waals surface area contributed by atoms with E-state index < -0.39 is 34.3 Å². The van der Waals surface area contributed by atoms with E-state index in [1.54, 1.807) is 0 Å². The van der Waals surface area contributed by atoms with Crippen LogP contribution in [-0.4, -0.2) is 17.4 Å². The standard InChI is InChI=1S/C3H6O9P2.2Na/c4-2(5)1-3-10-14(9,11-3)12-13(6,7)8;;/h3H,1H2,(H,4,5)(H2,6,7,8);;/q;2*+1/p-2. The number of phosphoric ester groups is 1. The average Bonchev–Trinajstić information content (AvgIpc) is 1.76. The Labute approximate surface area is 134 Å². The second kappa shape index (κ2) is 7.35. The summed E-state index contributed by atoms with van der Waals surface area (Å²) in [6.45, 7) is 0. The first-order valence-electron chi connectivity index (χ1n) is 3.12. The van der Waals surface area contributed by atoms with Crippen molar-refractivity contribution in [1.29, 1.82) is 0 Å². The molecule has 0 saturated carbocycles. The van der Waals surface area contributed by atoms with Crippen molar-refractivity contribution in [3.8, 4) is 0 Å². The monoisotopic (exact) mass is 292 g/mol. The van der Waals surface area contributed by atoms with Crippen molar-refractivity contribution in [3.63, 3.8) is 0 Å². The number of rotatable bonds is 4. The van der Waals surface area contributed by atoms with Crippen LogP contribution in [0.4, 0.5) is 0 Å². The van der Waals surface area contributed by atoms with E-state index in [1.165, 1.54) is 0 Å². The number of phosphoric acid groups is 2. The summed E-state index contributed by atoms with van der Waals surface area (Å²) < 4.78 is 32.6. The van der Waals surface area contributed by atoms with E-state index in [0.717, 1.165) is 0 Å². The molecule has 0 radical (unpaired) electrons. The summed E-state index contributed by atoms with van der Waals surface area (Å²) in [5, 5.41) is 8.18. The van der Waals surface area contributed by atoms with Crippen LogP contribution in [0.25, 0.3) is 0 Å². The van der Waals surface area contributed by atoms with Crippen LogP contribution in [0.5, 0.6) is 0 Å². The Balaban J connectivity index is 0. The Kier molecular flexibility index (Phi) is 9.21. The van der Waals surface area contributed by atoms with E-state index in [1.807, 2.05) is 0 Å². The predicted octanol–water partition coefficient (Wildman–Crippen LogP) is -7.20. The van der Waals surface area contributed by atoms with E-state index in [4.69, 9.17) is 5.11 Å². The molecule has 1 rings (SSSR count). The van der Waals surface area contributed by atoms with Gasteiger partial charge in [-0.3, -0.25) is 18.2 Å². The fourth-order valence-corrected chi connectivity index (χ4v) is 2.70. The number of hydrogen-bond acceptors (Lipinski definition) is 8. The molecule has 0 amide bonds. The van der Waals surface area contributed by atoms with Gasteiger partial charge in [0.2, 0.25) is 0 Å². The zero-order chi connectivity index (χ0) is 11.0. The van der Waals surface area contributed by atoms with Gasteiger partial charge in [-0.25, -0.2) is 4.57 Å². The van der Waals surface area contributed by atoms with Gasteiger partial charge in [0.25, 0.3) is 0 Å². The normalized spacial score (nSPS) is 28.2. The van der Waals surface area contributed by atoms with Crippen LogP contribution in [0.15, 0.2) is 0 Å². The van der Waals surface area contributed by atoms with Gasteiger partial charge in [-0.05, 0) is 0 Å². The smallest absolute Gasteiger partial charge is 0.789 e. The molecule has 0 aliphatic carbocycles. The Morgan fingerprint density at radius 1 is 1.44 bits per heavy atom. The molecule has 1 aliphatic rings. The molecule has 13 heteroatoms. The largest absolute Gasteiger partial charge is 1.00 e. The molecule has 0 aromatic rings. The minimum Gasteiger partial charge on any atom is -0.789 e. The summed E-state index contributed by atoms with van der Waals surface area (Å²) in [4.78, 5) is 30.0. The number of aliphatic carboxylic acids is 1. The van der Waals surface area contributed by atoms with Crippen molar-refractivity contribution in [2.24, 2.45) is 0 Å². The third kappa shape index (κ3) is 7.23.